The Morgan fingerprint density at radius 2 is 2.00 bits per heavy atom. The third kappa shape index (κ3) is 5.69. The topological polar surface area (TPSA) is 96.5 Å². The van der Waals surface area contributed by atoms with Gasteiger partial charge in [0.1, 0.15) is 11.8 Å². The lowest BCUT2D eigenvalue weighted by Gasteiger charge is -2.26. The van der Waals surface area contributed by atoms with Crippen LogP contribution in [0.4, 0.5) is 0 Å². The maximum Gasteiger partial charge on any atom is 0.241 e. The van der Waals surface area contributed by atoms with Crippen molar-refractivity contribution in [3.8, 4) is 5.75 Å². The van der Waals surface area contributed by atoms with Crippen LogP contribution in [0.5, 0.6) is 5.75 Å². The SMILES string of the molecule is COc1ccc(S(=O)(=O)NC(C(=O)NCC2CCCNC2)C(C)C)cc1. The molecule has 26 heavy (non-hydrogen) atoms. The van der Waals surface area contributed by atoms with Gasteiger partial charge in [0.15, 0.2) is 0 Å². The minimum absolute atomic E-state index is 0.105. The number of rotatable bonds is 8. The zero-order valence-electron chi connectivity index (χ0n) is 15.6. The number of benzene rings is 1. The molecule has 1 amide bonds. The molecule has 2 rings (SSSR count). The van der Waals surface area contributed by atoms with Gasteiger partial charge in [-0.15, -0.1) is 0 Å². The predicted molar refractivity (Wildman–Crippen MR) is 101 cm³/mol. The first kappa shape index (κ1) is 20.7. The van der Waals surface area contributed by atoms with Crippen molar-refractivity contribution in [1.82, 2.24) is 15.4 Å². The van der Waals surface area contributed by atoms with Crippen LogP contribution in [0.1, 0.15) is 26.7 Å². The molecule has 2 unspecified atom stereocenters. The highest BCUT2D eigenvalue weighted by molar-refractivity contribution is 7.89. The normalized spacial score (nSPS) is 19.2. The monoisotopic (exact) mass is 383 g/mol. The summed E-state index contributed by atoms with van der Waals surface area (Å²) in [5, 5.41) is 6.21. The predicted octanol–water partition coefficient (Wildman–Crippen LogP) is 1.11. The lowest BCUT2D eigenvalue weighted by molar-refractivity contribution is -0.123. The molecule has 1 heterocycles. The summed E-state index contributed by atoms with van der Waals surface area (Å²) < 4.78 is 32.8. The Bertz CT molecular complexity index is 683. The summed E-state index contributed by atoms with van der Waals surface area (Å²) in [5.74, 6) is 0.497. The minimum atomic E-state index is -3.80. The maximum absolute atomic E-state index is 12.6. The highest BCUT2D eigenvalue weighted by Crippen LogP contribution is 2.17. The lowest BCUT2D eigenvalue weighted by atomic mass is 9.99. The van der Waals surface area contributed by atoms with Crippen LogP contribution in [0.15, 0.2) is 29.2 Å². The van der Waals surface area contributed by atoms with E-state index in [1.54, 1.807) is 12.1 Å². The molecule has 1 aromatic carbocycles. The van der Waals surface area contributed by atoms with Crippen LogP contribution in [-0.4, -0.2) is 47.1 Å². The van der Waals surface area contributed by atoms with Gasteiger partial charge < -0.3 is 15.4 Å². The number of carbonyl (C=O) groups excluding carboxylic acids is 1. The van der Waals surface area contributed by atoms with E-state index in [-0.39, 0.29) is 16.7 Å². The number of carbonyl (C=O) groups is 1. The molecule has 0 saturated carbocycles. The molecule has 1 fully saturated rings. The molecular weight excluding hydrogens is 354 g/mol. The van der Waals surface area contributed by atoms with Crippen LogP contribution in [0.25, 0.3) is 0 Å². The molecule has 1 aromatic rings. The van der Waals surface area contributed by atoms with E-state index < -0.39 is 16.1 Å². The largest absolute Gasteiger partial charge is 0.497 e. The highest BCUT2D eigenvalue weighted by Gasteiger charge is 2.28. The maximum atomic E-state index is 12.6. The summed E-state index contributed by atoms with van der Waals surface area (Å²) in [6, 6.07) is 5.26. The third-order valence-corrected chi connectivity index (χ3v) is 6.02. The van der Waals surface area contributed by atoms with Crippen molar-refractivity contribution in [2.45, 2.75) is 37.6 Å². The second-order valence-electron chi connectivity index (χ2n) is 6.98. The molecule has 0 bridgehead atoms. The standard InChI is InChI=1S/C18H29N3O4S/c1-13(2)17(18(22)20-12-14-5-4-10-19-11-14)21-26(23,24)16-8-6-15(25-3)7-9-16/h6-9,13-14,17,19,21H,4-5,10-12H2,1-3H3,(H,20,22). The van der Waals surface area contributed by atoms with E-state index in [9.17, 15) is 13.2 Å². The van der Waals surface area contributed by atoms with Gasteiger partial charge in [-0.1, -0.05) is 13.8 Å². The van der Waals surface area contributed by atoms with Gasteiger partial charge >= 0.3 is 0 Å². The van der Waals surface area contributed by atoms with Crippen molar-refractivity contribution in [3.63, 3.8) is 0 Å². The number of sulfonamides is 1. The molecule has 3 N–H and O–H groups in total. The number of piperidine rings is 1. The molecule has 0 radical (unpaired) electrons. The van der Waals surface area contributed by atoms with Gasteiger partial charge in [0, 0.05) is 6.54 Å². The van der Waals surface area contributed by atoms with Crippen molar-refractivity contribution >= 4 is 15.9 Å². The molecule has 1 aliphatic rings. The quantitative estimate of drug-likeness (QED) is 0.625. The summed E-state index contributed by atoms with van der Waals surface area (Å²) in [7, 11) is -2.28. The number of hydrogen-bond acceptors (Lipinski definition) is 5. The highest BCUT2D eigenvalue weighted by atomic mass is 32.2. The van der Waals surface area contributed by atoms with Crippen LogP contribution in [-0.2, 0) is 14.8 Å². The number of nitrogens with one attached hydrogen (secondary N) is 3. The second kappa shape index (κ2) is 9.34. The Kier molecular flexibility index (Phi) is 7.43. The fourth-order valence-corrected chi connectivity index (χ4v) is 4.28. The fraction of sp³-hybridized carbons (Fsp3) is 0.611. The van der Waals surface area contributed by atoms with Crippen LogP contribution in [0.3, 0.4) is 0 Å². The van der Waals surface area contributed by atoms with Gasteiger partial charge in [0.05, 0.1) is 12.0 Å². The van der Waals surface area contributed by atoms with Crippen molar-refractivity contribution in [3.05, 3.63) is 24.3 Å². The van der Waals surface area contributed by atoms with E-state index in [4.69, 9.17) is 4.74 Å². The molecule has 8 heteroatoms. The van der Waals surface area contributed by atoms with Gasteiger partial charge in [-0.2, -0.15) is 4.72 Å². The average Bonchev–Trinajstić information content (AvgIpc) is 2.65. The zero-order valence-corrected chi connectivity index (χ0v) is 16.4. The number of amides is 1. The molecule has 1 aliphatic heterocycles. The first-order valence-corrected chi connectivity index (χ1v) is 10.5. The molecular formula is C18H29N3O4S. The van der Waals surface area contributed by atoms with E-state index in [1.807, 2.05) is 13.8 Å². The number of methoxy groups -OCH3 is 1. The Labute approximate surface area is 155 Å². The summed E-state index contributed by atoms with van der Waals surface area (Å²) in [5.41, 5.74) is 0. The summed E-state index contributed by atoms with van der Waals surface area (Å²) in [6.45, 7) is 6.09. The average molecular weight is 384 g/mol. The zero-order chi connectivity index (χ0) is 19.2. The van der Waals surface area contributed by atoms with Gasteiger partial charge in [0.25, 0.3) is 0 Å². The Morgan fingerprint density at radius 3 is 2.54 bits per heavy atom. The van der Waals surface area contributed by atoms with E-state index in [0.29, 0.717) is 18.2 Å². The van der Waals surface area contributed by atoms with Crippen molar-refractivity contribution in [2.24, 2.45) is 11.8 Å². The van der Waals surface area contributed by atoms with Crippen LogP contribution < -0.4 is 20.1 Å². The molecule has 7 nitrogen and oxygen atoms in total. The second-order valence-corrected chi connectivity index (χ2v) is 8.69. The molecule has 0 spiro atoms. The summed E-state index contributed by atoms with van der Waals surface area (Å²) >= 11 is 0. The van der Waals surface area contributed by atoms with Gasteiger partial charge in [0.2, 0.25) is 15.9 Å². The third-order valence-electron chi connectivity index (χ3n) is 4.56. The van der Waals surface area contributed by atoms with Gasteiger partial charge in [-0.25, -0.2) is 8.42 Å². The number of hydrogen-bond donors (Lipinski definition) is 3. The number of ether oxygens (including phenoxy) is 1. The first-order valence-electron chi connectivity index (χ1n) is 8.98. The molecule has 0 aromatic heterocycles. The molecule has 0 aliphatic carbocycles. The van der Waals surface area contributed by atoms with Crippen molar-refractivity contribution in [1.29, 1.82) is 0 Å². The fourth-order valence-electron chi connectivity index (χ4n) is 2.94. The van der Waals surface area contributed by atoms with Crippen LogP contribution >= 0.6 is 0 Å². The van der Waals surface area contributed by atoms with E-state index >= 15 is 0 Å². The van der Waals surface area contributed by atoms with Gasteiger partial charge in [-0.05, 0) is 62.0 Å². The van der Waals surface area contributed by atoms with E-state index in [1.165, 1.54) is 19.2 Å². The Balaban J connectivity index is 2.01. The first-order chi connectivity index (χ1) is 12.3. The van der Waals surface area contributed by atoms with Crippen LogP contribution in [0, 0.1) is 11.8 Å². The Hall–Kier alpha value is -1.64. The molecule has 1 saturated heterocycles. The summed E-state index contributed by atoms with van der Waals surface area (Å²) in [6.07, 6.45) is 2.16. The lowest BCUT2D eigenvalue weighted by Crippen LogP contribution is -2.51. The van der Waals surface area contributed by atoms with Crippen LogP contribution in [0.2, 0.25) is 0 Å². The minimum Gasteiger partial charge on any atom is -0.497 e. The van der Waals surface area contributed by atoms with E-state index in [0.717, 1.165) is 25.9 Å². The van der Waals surface area contributed by atoms with Gasteiger partial charge in [-0.3, -0.25) is 4.79 Å². The molecule has 2 atom stereocenters. The molecule has 146 valence electrons. The van der Waals surface area contributed by atoms with Crippen molar-refractivity contribution in [2.75, 3.05) is 26.7 Å². The van der Waals surface area contributed by atoms with Crippen molar-refractivity contribution < 1.29 is 17.9 Å². The Morgan fingerprint density at radius 1 is 1.31 bits per heavy atom. The van der Waals surface area contributed by atoms with E-state index in [2.05, 4.69) is 15.4 Å². The summed E-state index contributed by atoms with van der Waals surface area (Å²) in [4.78, 5) is 12.7. The smallest absolute Gasteiger partial charge is 0.241 e.